The van der Waals surface area contributed by atoms with Crippen molar-refractivity contribution < 1.29 is 19.4 Å². The van der Waals surface area contributed by atoms with Gasteiger partial charge in [-0.3, -0.25) is 19.1 Å². The maximum Gasteiger partial charge on any atom is 0.275 e. The Morgan fingerprint density at radius 1 is 1.10 bits per heavy atom. The van der Waals surface area contributed by atoms with Gasteiger partial charge in [0.05, 0.1) is 25.9 Å². The Hall–Kier alpha value is -5.17. The molecule has 0 saturated carbocycles. The molecule has 1 saturated heterocycles. The van der Waals surface area contributed by atoms with E-state index in [2.05, 4.69) is 16.0 Å². The van der Waals surface area contributed by atoms with Crippen molar-refractivity contribution >= 4 is 5.91 Å². The van der Waals surface area contributed by atoms with Crippen LogP contribution in [0, 0.1) is 18.3 Å². The van der Waals surface area contributed by atoms with Crippen molar-refractivity contribution in [2.24, 2.45) is 0 Å². The number of likely N-dealkylation sites (tertiary alicyclic amines) is 1. The normalized spacial score (nSPS) is 14.6. The van der Waals surface area contributed by atoms with Crippen molar-refractivity contribution in [3.63, 3.8) is 0 Å². The second-order valence-corrected chi connectivity index (χ2v) is 9.44. The van der Waals surface area contributed by atoms with Crippen LogP contribution in [0.25, 0.3) is 17.2 Å². The molecule has 0 aliphatic carbocycles. The van der Waals surface area contributed by atoms with Gasteiger partial charge in [0.1, 0.15) is 22.9 Å². The molecule has 40 heavy (non-hydrogen) atoms. The SMILES string of the molecule is COc1cccc(OC)c1-n1c(-c2cc(C)ccn2)nc(O)c(C(=O)N2CCC(c3ccccc3C#N)C2)c1=O. The average molecular weight is 538 g/mol. The lowest BCUT2D eigenvalue weighted by atomic mass is 9.94. The second kappa shape index (κ2) is 10.9. The van der Waals surface area contributed by atoms with Crippen molar-refractivity contribution in [1.82, 2.24) is 19.4 Å². The van der Waals surface area contributed by atoms with Gasteiger partial charge >= 0.3 is 0 Å². The van der Waals surface area contributed by atoms with Crippen LogP contribution in [0.1, 0.15) is 39.4 Å². The number of nitriles is 1. The number of nitrogens with zero attached hydrogens (tertiary/aromatic N) is 5. The Labute approximate surface area is 230 Å². The number of aromatic nitrogens is 3. The summed E-state index contributed by atoms with van der Waals surface area (Å²) in [5.41, 5.74) is 1.52. The van der Waals surface area contributed by atoms with Gasteiger partial charge in [0.2, 0.25) is 5.88 Å². The quantitative estimate of drug-likeness (QED) is 0.393. The highest BCUT2D eigenvalue weighted by atomic mass is 16.5. The van der Waals surface area contributed by atoms with Gasteiger partial charge in [-0.1, -0.05) is 24.3 Å². The number of rotatable bonds is 6. The number of benzene rings is 2. The molecule has 1 fully saturated rings. The Morgan fingerprint density at radius 3 is 2.50 bits per heavy atom. The lowest BCUT2D eigenvalue weighted by Crippen LogP contribution is -2.36. The third kappa shape index (κ3) is 4.62. The zero-order valence-corrected chi connectivity index (χ0v) is 22.3. The summed E-state index contributed by atoms with van der Waals surface area (Å²) < 4.78 is 12.3. The molecule has 5 rings (SSSR count). The van der Waals surface area contributed by atoms with Gasteiger partial charge in [-0.15, -0.1) is 0 Å². The Bertz CT molecular complexity index is 1690. The average Bonchev–Trinajstić information content (AvgIpc) is 3.47. The maximum atomic E-state index is 14.2. The Balaban J connectivity index is 1.66. The number of carbonyl (C=O) groups is 1. The van der Waals surface area contributed by atoms with E-state index >= 15 is 0 Å². The van der Waals surface area contributed by atoms with Crippen LogP contribution in [0.5, 0.6) is 17.4 Å². The van der Waals surface area contributed by atoms with Gasteiger partial charge in [-0.25, -0.2) is 0 Å². The molecule has 1 N–H and O–H groups in total. The fourth-order valence-corrected chi connectivity index (χ4v) is 5.10. The van der Waals surface area contributed by atoms with Gasteiger partial charge in [-0.2, -0.15) is 10.2 Å². The molecular formula is C30H27N5O5. The van der Waals surface area contributed by atoms with E-state index in [1.165, 1.54) is 23.7 Å². The van der Waals surface area contributed by atoms with E-state index in [-0.39, 0.29) is 24.0 Å². The first kappa shape index (κ1) is 26.4. The molecule has 2 aromatic carbocycles. The minimum Gasteiger partial charge on any atom is -0.494 e. The number of ether oxygens (including phenoxy) is 2. The first-order valence-electron chi connectivity index (χ1n) is 12.7. The van der Waals surface area contributed by atoms with Crippen molar-refractivity contribution in [2.75, 3.05) is 27.3 Å². The smallest absolute Gasteiger partial charge is 0.275 e. The van der Waals surface area contributed by atoms with E-state index in [0.29, 0.717) is 35.7 Å². The summed E-state index contributed by atoms with van der Waals surface area (Å²) in [6, 6.07) is 18.0. The third-order valence-corrected chi connectivity index (χ3v) is 7.04. The van der Waals surface area contributed by atoms with E-state index < -0.39 is 22.9 Å². The summed E-state index contributed by atoms with van der Waals surface area (Å²) >= 11 is 0. The Kier molecular flexibility index (Phi) is 7.21. The summed E-state index contributed by atoms with van der Waals surface area (Å²) in [6.45, 7) is 2.50. The topological polar surface area (TPSA) is 131 Å². The van der Waals surface area contributed by atoms with E-state index in [1.807, 2.05) is 19.1 Å². The van der Waals surface area contributed by atoms with Crippen molar-refractivity contribution in [2.45, 2.75) is 19.3 Å². The summed E-state index contributed by atoms with van der Waals surface area (Å²) in [5, 5.41) is 20.5. The minimum absolute atomic E-state index is 0.0211. The molecular weight excluding hydrogens is 510 g/mol. The Morgan fingerprint density at radius 2 is 1.82 bits per heavy atom. The molecule has 0 radical (unpaired) electrons. The molecule has 0 spiro atoms. The molecule has 0 bridgehead atoms. The molecule has 1 amide bonds. The van der Waals surface area contributed by atoms with Crippen LogP contribution >= 0.6 is 0 Å². The summed E-state index contributed by atoms with van der Waals surface area (Å²) in [5.74, 6) is -0.807. The standard InChI is InChI=1S/C30H27N5O5/c1-18-11-13-32-22(15-18)27-33-28(36)25(30(38)35(27)26-23(39-2)9-6-10-24(26)40-3)29(37)34-14-12-20(17-34)21-8-5-4-7-19(21)16-31/h4-11,13,15,20,36H,12,14,17H2,1-3H3. The molecule has 10 nitrogen and oxygen atoms in total. The highest BCUT2D eigenvalue weighted by Crippen LogP contribution is 2.36. The van der Waals surface area contributed by atoms with Crippen LogP contribution < -0.4 is 15.0 Å². The van der Waals surface area contributed by atoms with Crippen molar-refractivity contribution in [3.8, 4) is 40.7 Å². The van der Waals surface area contributed by atoms with Crippen LogP contribution in [-0.2, 0) is 0 Å². The molecule has 4 aromatic rings. The van der Waals surface area contributed by atoms with Gasteiger partial charge in [-0.05, 0) is 54.8 Å². The van der Waals surface area contributed by atoms with Crippen LogP contribution in [0.15, 0.2) is 65.6 Å². The third-order valence-electron chi connectivity index (χ3n) is 7.04. The molecule has 1 atom stereocenters. The zero-order valence-electron chi connectivity index (χ0n) is 22.3. The van der Waals surface area contributed by atoms with E-state index in [9.17, 15) is 20.0 Å². The van der Waals surface area contributed by atoms with E-state index in [0.717, 1.165) is 11.1 Å². The predicted molar refractivity (Wildman–Crippen MR) is 147 cm³/mol. The lowest BCUT2D eigenvalue weighted by molar-refractivity contribution is 0.0784. The van der Waals surface area contributed by atoms with Crippen LogP contribution in [0.4, 0.5) is 0 Å². The van der Waals surface area contributed by atoms with Gasteiger partial charge in [0.15, 0.2) is 11.4 Å². The number of carbonyl (C=O) groups excluding carboxylic acids is 1. The summed E-state index contributed by atoms with van der Waals surface area (Å²) in [4.78, 5) is 38.2. The van der Waals surface area contributed by atoms with E-state index in [1.54, 1.807) is 48.7 Å². The largest absolute Gasteiger partial charge is 0.494 e. The second-order valence-electron chi connectivity index (χ2n) is 9.44. The summed E-state index contributed by atoms with van der Waals surface area (Å²) in [6.07, 6.45) is 2.18. The number of aryl methyl sites for hydroxylation is 1. The fourth-order valence-electron chi connectivity index (χ4n) is 5.10. The van der Waals surface area contributed by atoms with Crippen LogP contribution in [-0.4, -0.2) is 57.8 Å². The zero-order chi connectivity index (χ0) is 28.4. The first-order valence-corrected chi connectivity index (χ1v) is 12.7. The predicted octanol–water partition coefficient (Wildman–Crippen LogP) is 3.83. The maximum absolute atomic E-state index is 14.2. The molecule has 2 aromatic heterocycles. The number of amides is 1. The number of hydrogen-bond donors (Lipinski definition) is 1. The number of aromatic hydroxyl groups is 1. The van der Waals surface area contributed by atoms with Crippen molar-refractivity contribution in [3.05, 3.63) is 93.4 Å². The van der Waals surface area contributed by atoms with Gasteiger partial charge in [0, 0.05) is 25.2 Å². The summed E-state index contributed by atoms with van der Waals surface area (Å²) in [7, 11) is 2.91. The van der Waals surface area contributed by atoms with E-state index in [4.69, 9.17) is 9.47 Å². The molecule has 202 valence electrons. The first-order chi connectivity index (χ1) is 19.4. The highest BCUT2D eigenvalue weighted by molar-refractivity contribution is 5.96. The molecule has 1 aliphatic heterocycles. The molecule has 3 heterocycles. The van der Waals surface area contributed by atoms with Gasteiger partial charge < -0.3 is 19.5 Å². The molecule has 10 heteroatoms. The number of methoxy groups -OCH3 is 2. The number of para-hydroxylation sites is 1. The van der Waals surface area contributed by atoms with Crippen LogP contribution in [0.2, 0.25) is 0 Å². The van der Waals surface area contributed by atoms with Crippen LogP contribution in [0.3, 0.4) is 0 Å². The number of hydrogen-bond acceptors (Lipinski definition) is 8. The highest BCUT2D eigenvalue weighted by Gasteiger charge is 2.34. The lowest BCUT2D eigenvalue weighted by Gasteiger charge is -2.21. The molecule has 1 unspecified atom stereocenters. The minimum atomic E-state index is -0.792. The molecule has 1 aliphatic rings. The van der Waals surface area contributed by atoms with Crippen molar-refractivity contribution in [1.29, 1.82) is 5.26 Å². The van der Waals surface area contributed by atoms with Gasteiger partial charge in [0.25, 0.3) is 11.5 Å². The number of pyridine rings is 1. The fraction of sp³-hybridized carbons (Fsp3) is 0.233. The monoisotopic (exact) mass is 537 g/mol.